The molecule has 0 saturated heterocycles. The van der Waals surface area contributed by atoms with Crippen LogP contribution in [0.4, 0.5) is 4.79 Å². The zero-order chi connectivity index (χ0) is 29.3. The largest absolute Gasteiger partial charge is 0.489 e. The van der Waals surface area contributed by atoms with Crippen molar-refractivity contribution in [2.24, 2.45) is 0 Å². The van der Waals surface area contributed by atoms with Gasteiger partial charge < -0.3 is 23.7 Å². The SMILES string of the molecule is COC(=O)[C@@H]1Cc2cc3c(cc2CN1C(=O)OC(C)(C)C)O[C@@H](c1cccc(OCc2ccc(Cl)c(Cl)c2)c1)CO3. The first-order valence-electron chi connectivity index (χ1n) is 13.2. The fourth-order valence-corrected chi connectivity index (χ4v) is 5.10. The van der Waals surface area contributed by atoms with E-state index >= 15 is 0 Å². The van der Waals surface area contributed by atoms with Gasteiger partial charge in [0.1, 0.15) is 30.6 Å². The molecule has 2 aliphatic heterocycles. The van der Waals surface area contributed by atoms with Crippen molar-refractivity contribution in [2.45, 2.75) is 58.1 Å². The second-order valence-electron chi connectivity index (χ2n) is 10.9. The quantitative estimate of drug-likeness (QED) is 0.294. The van der Waals surface area contributed by atoms with E-state index in [0.717, 1.165) is 22.3 Å². The average molecular weight is 600 g/mol. The maximum atomic E-state index is 13.0. The Morgan fingerprint density at radius 2 is 1.78 bits per heavy atom. The van der Waals surface area contributed by atoms with E-state index in [1.807, 2.05) is 42.5 Å². The van der Waals surface area contributed by atoms with Crippen LogP contribution < -0.4 is 14.2 Å². The lowest BCUT2D eigenvalue weighted by molar-refractivity contribution is -0.147. The summed E-state index contributed by atoms with van der Waals surface area (Å²) in [4.78, 5) is 27.0. The van der Waals surface area contributed by atoms with Gasteiger partial charge in [0.05, 0.1) is 23.7 Å². The third kappa shape index (κ3) is 6.66. The first-order chi connectivity index (χ1) is 19.5. The van der Waals surface area contributed by atoms with Crippen molar-refractivity contribution < 1.29 is 33.3 Å². The minimum Gasteiger partial charge on any atom is -0.489 e. The van der Waals surface area contributed by atoms with Crippen LogP contribution in [0.2, 0.25) is 10.0 Å². The summed E-state index contributed by atoms with van der Waals surface area (Å²) in [6.07, 6.45) is -0.675. The summed E-state index contributed by atoms with van der Waals surface area (Å²) in [5, 5.41) is 0.972. The Bertz CT molecular complexity index is 1470. The van der Waals surface area contributed by atoms with Crippen LogP contribution in [0.15, 0.2) is 54.6 Å². The molecule has 5 rings (SSSR count). The van der Waals surface area contributed by atoms with Crippen LogP contribution in [0, 0.1) is 0 Å². The number of hydrogen-bond acceptors (Lipinski definition) is 7. The molecular weight excluding hydrogens is 569 g/mol. The number of benzene rings is 3. The smallest absolute Gasteiger partial charge is 0.411 e. The Kier molecular flexibility index (Phi) is 8.25. The summed E-state index contributed by atoms with van der Waals surface area (Å²) in [6.45, 7) is 6.15. The molecule has 0 bridgehead atoms. The Balaban J connectivity index is 1.33. The number of fused-ring (bicyclic) bond motifs is 2. The van der Waals surface area contributed by atoms with Crippen molar-refractivity contribution in [3.63, 3.8) is 0 Å². The van der Waals surface area contributed by atoms with Crippen LogP contribution in [0.3, 0.4) is 0 Å². The van der Waals surface area contributed by atoms with Crippen molar-refractivity contribution in [3.05, 3.63) is 86.9 Å². The van der Waals surface area contributed by atoms with E-state index in [0.29, 0.717) is 40.5 Å². The van der Waals surface area contributed by atoms with Crippen LogP contribution in [0.1, 0.15) is 49.1 Å². The lowest BCUT2D eigenvalue weighted by Gasteiger charge is -2.37. The maximum Gasteiger partial charge on any atom is 0.411 e. The van der Waals surface area contributed by atoms with E-state index in [1.54, 1.807) is 32.9 Å². The molecule has 10 heteroatoms. The molecule has 216 valence electrons. The summed E-state index contributed by atoms with van der Waals surface area (Å²) < 4.78 is 29.0. The number of carbonyl (C=O) groups excluding carboxylic acids is 2. The van der Waals surface area contributed by atoms with Crippen LogP contribution in [-0.2, 0) is 33.8 Å². The molecular formula is C31H31Cl2NO7. The Labute approximate surface area is 249 Å². The van der Waals surface area contributed by atoms with E-state index in [4.69, 9.17) is 46.9 Å². The van der Waals surface area contributed by atoms with Crippen LogP contribution in [0.5, 0.6) is 17.2 Å². The predicted octanol–water partition coefficient (Wildman–Crippen LogP) is 6.92. The maximum absolute atomic E-state index is 13.0. The lowest BCUT2D eigenvalue weighted by Crippen LogP contribution is -2.50. The number of amides is 1. The van der Waals surface area contributed by atoms with Crippen LogP contribution in [0.25, 0.3) is 0 Å². The van der Waals surface area contributed by atoms with Gasteiger partial charge in [-0.15, -0.1) is 0 Å². The molecule has 2 aliphatic rings. The molecule has 0 aliphatic carbocycles. The third-order valence-corrected chi connectivity index (χ3v) is 7.52. The van der Waals surface area contributed by atoms with Crippen LogP contribution >= 0.6 is 23.2 Å². The molecule has 41 heavy (non-hydrogen) atoms. The standard InChI is InChI=1S/C31H31Cl2NO7/c1-31(2,3)41-30(36)34-15-21-14-27-26(13-20(21)12-25(34)29(35)37-4)39-17-28(40-27)19-6-5-7-22(11-19)38-16-18-8-9-23(32)24(33)10-18/h5-11,13-14,25,28H,12,15-17H2,1-4H3/t25-,28+/m0/s1. The highest BCUT2D eigenvalue weighted by atomic mass is 35.5. The summed E-state index contributed by atoms with van der Waals surface area (Å²) in [6, 6.07) is 16.0. The van der Waals surface area contributed by atoms with E-state index < -0.39 is 23.7 Å². The number of esters is 1. The minimum absolute atomic E-state index is 0.170. The number of nitrogens with zero attached hydrogens (tertiary/aromatic N) is 1. The minimum atomic E-state index is -0.802. The number of ether oxygens (including phenoxy) is 5. The zero-order valence-electron chi connectivity index (χ0n) is 23.2. The molecule has 0 radical (unpaired) electrons. The van der Waals surface area contributed by atoms with Gasteiger partial charge in [-0.25, -0.2) is 9.59 Å². The average Bonchev–Trinajstić information content (AvgIpc) is 2.94. The molecule has 0 spiro atoms. The van der Waals surface area contributed by atoms with Crippen molar-refractivity contribution in [1.82, 2.24) is 4.90 Å². The molecule has 0 saturated carbocycles. The topological polar surface area (TPSA) is 83.5 Å². The number of hydrogen-bond donors (Lipinski definition) is 0. The number of carbonyl (C=O) groups is 2. The van der Waals surface area contributed by atoms with E-state index in [1.165, 1.54) is 12.0 Å². The molecule has 2 atom stereocenters. The highest BCUT2D eigenvalue weighted by molar-refractivity contribution is 6.42. The van der Waals surface area contributed by atoms with Gasteiger partial charge in [0.25, 0.3) is 0 Å². The van der Waals surface area contributed by atoms with Crippen molar-refractivity contribution in [1.29, 1.82) is 0 Å². The summed E-state index contributed by atoms with van der Waals surface area (Å²) in [5.41, 5.74) is 2.81. The Morgan fingerprint density at radius 1 is 1.00 bits per heavy atom. The van der Waals surface area contributed by atoms with E-state index in [9.17, 15) is 9.59 Å². The zero-order valence-corrected chi connectivity index (χ0v) is 24.8. The van der Waals surface area contributed by atoms with Gasteiger partial charge in [0.2, 0.25) is 0 Å². The predicted molar refractivity (Wildman–Crippen MR) is 154 cm³/mol. The fourth-order valence-electron chi connectivity index (χ4n) is 4.78. The van der Waals surface area contributed by atoms with Gasteiger partial charge in [-0.2, -0.15) is 0 Å². The first kappa shape index (κ1) is 28.9. The first-order valence-corrected chi connectivity index (χ1v) is 14.0. The Hall–Kier alpha value is -3.62. The lowest BCUT2D eigenvalue weighted by atomic mass is 9.93. The molecule has 2 heterocycles. The molecule has 0 fully saturated rings. The van der Waals surface area contributed by atoms with E-state index in [-0.39, 0.29) is 19.1 Å². The normalized spacial score (nSPS) is 17.9. The molecule has 1 amide bonds. The number of halogens is 2. The summed E-state index contributed by atoms with van der Waals surface area (Å²) in [7, 11) is 1.31. The second-order valence-corrected chi connectivity index (χ2v) is 11.8. The summed E-state index contributed by atoms with van der Waals surface area (Å²) >= 11 is 12.1. The van der Waals surface area contributed by atoms with Gasteiger partial charge in [-0.3, -0.25) is 4.90 Å². The van der Waals surface area contributed by atoms with Gasteiger partial charge in [0.15, 0.2) is 17.6 Å². The molecule has 0 unspecified atom stereocenters. The third-order valence-electron chi connectivity index (χ3n) is 6.78. The van der Waals surface area contributed by atoms with Crippen molar-refractivity contribution >= 4 is 35.3 Å². The molecule has 3 aromatic rings. The van der Waals surface area contributed by atoms with Gasteiger partial charge >= 0.3 is 12.1 Å². The van der Waals surface area contributed by atoms with Gasteiger partial charge in [0, 0.05) is 6.42 Å². The van der Waals surface area contributed by atoms with Gasteiger partial charge in [-0.1, -0.05) is 41.4 Å². The number of methoxy groups -OCH3 is 1. The van der Waals surface area contributed by atoms with E-state index in [2.05, 4.69) is 0 Å². The monoisotopic (exact) mass is 599 g/mol. The van der Waals surface area contributed by atoms with Crippen LogP contribution in [-0.4, -0.2) is 42.3 Å². The fraction of sp³-hybridized carbons (Fsp3) is 0.355. The molecule has 8 nitrogen and oxygen atoms in total. The number of rotatable bonds is 5. The molecule has 3 aromatic carbocycles. The Morgan fingerprint density at radius 3 is 2.51 bits per heavy atom. The van der Waals surface area contributed by atoms with Crippen molar-refractivity contribution in [2.75, 3.05) is 13.7 Å². The second kappa shape index (κ2) is 11.7. The highest BCUT2D eigenvalue weighted by Crippen LogP contribution is 2.41. The van der Waals surface area contributed by atoms with Gasteiger partial charge in [-0.05, 0) is 79.4 Å². The molecule has 0 N–H and O–H groups in total. The van der Waals surface area contributed by atoms with Crippen molar-refractivity contribution in [3.8, 4) is 17.2 Å². The molecule has 0 aromatic heterocycles. The highest BCUT2D eigenvalue weighted by Gasteiger charge is 2.39. The summed E-state index contributed by atoms with van der Waals surface area (Å²) in [5.74, 6) is 1.32.